The normalized spacial score (nSPS) is 11.0. The fourth-order valence-electron chi connectivity index (χ4n) is 1.76. The summed E-state index contributed by atoms with van der Waals surface area (Å²) in [5.41, 5.74) is 1.39. The molecule has 0 fully saturated rings. The molecule has 0 saturated heterocycles. The molecule has 5 nitrogen and oxygen atoms in total. The number of nitrogens with one attached hydrogen (secondary N) is 1. The maximum atomic E-state index is 12.3. The Bertz CT molecular complexity index is 801. The van der Waals surface area contributed by atoms with E-state index >= 15 is 0 Å². The van der Waals surface area contributed by atoms with Gasteiger partial charge in [0.15, 0.2) is 0 Å². The van der Waals surface area contributed by atoms with Crippen LogP contribution in [0.5, 0.6) is 0 Å². The fourth-order valence-corrected chi connectivity index (χ4v) is 3.13. The van der Waals surface area contributed by atoms with Crippen molar-refractivity contribution in [2.75, 3.05) is 11.8 Å². The number of hydrogen-bond acceptors (Lipinski definition) is 4. The Hall–Kier alpha value is -2.05. The number of rotatable bonds is 4. The Morgan fingerprint density at radius 2 is 1.77 bits per heavy atom. The molecule has 0 radical (unpaired) electrons. The first-order valence-electron chi connectivity index (χ1n) is 6.31. The number of carbonyl (C=O) groups is 1. The number of anilines is 1. The smallest absolute Gasteiger partial charge is 0.337 e. The van der Waals surface area contributed by atoms with Gasteiger partial charge in [0.1, 0.15) is 0 Å². The Morgan fingerprint density at radius 1 is 1.14 bits per heavy atom. The molecule has 0 saturated carbocycles. The molecule has 0 aliphatic carbocycles. The van der Waals surface area contributed by atoms with Crippen LogP contribution < -0.4 is 4.72 Å². The minimum absolute atomic E-state index is 0.110. The molecule has 2 aromatic rings. The molecule has 0 unspecified atom stereocenters. The molecule has 0 amide bonds. The third kappa shape index (κ3) is 3.58. The van der Waals surface area contributed by atoms with E-state index in [0.717, 1.165) is 5.56 Å². The number of benzene rings is 2. The van der Waals surface area contributed by atoms with Crippen molar-refractivity contribution in [3.63, 3.8) is 0 Å². The number of aryl methyl sites for hydroxylation is 1. The summed E-state index contributed by atoms with van der Waals surface area (Å²) in [5, 5.41) is 0.110. The SMILES string of the molecule is COC(=O)c1ccc(NS(=O)(=O)c2ccc(C)cc2)c(Cl)c1. The highest BCUT2D eigenvalue weighted by atomic mass is 35.5. The maximum Gasteiger partial charge on any atom is 0.337 e. The lowest BCUT2D eigenvalue weighted by Gasteiger charge is -2.10. The van der Waals surface area contributed by atoms with Gasteiger partial charge in [-0.2, -0.15) is 0 Å². The molecule has 0 bridgehead atoms. The van der Waals surface area contributed by atoms with Gasteiger partial charge in [0.05, 0.1) is 28.3 Å². The molecule has 0 heterocycles. The van der Waals surface area contributed by atoms with Gasteiger partial charge >= 0.3 is 5.97 Å². The largest absolute Gasteiger partial charge is 0.465 e. The van der Waals surface area contributed by atoms with Gasteiger partial charge in [-0.3, -0.25) is 4.72 Å². The first kappa shape index (κ1) is 16.3. The van der Waals surface area contributed by atoms with Crippen molar-refractivity contribution in [3.05, 3.63) is 58.6 Å². The van der Waals surface area contributed by atoms with E-state index in [0.29, 0.717) is 0 Å². The van der Waals surface area contributed by atoms with Crippen LogP contribution in [0.1, 0.15) is 15.9 Å². The summed E-state index contributed by atoms with van der Waals surface area (Å²) in [6.07, 6.45) is 0. The van der Waals surface area contributed by atoms with Crippen LogP contribution in [0.2, 0.25) is 5.02 Å². The molecule has 22 heavy (non-hydrogen) atoms. The van der Waals surface area contributed by atoms with E-state index in [4.69, 9.17) is 11.6 Å². The molecule has 7 heteroatoms. The first-order chi connectivity index (χ1) is 10.3. The highest BCUT2D eigenvalue weighted by molar-refractivity contribution is 7.92. The molecular formula is C15H14ClNO4S. The number of sulfonamides is 1. The summed E-state index contributed by atoms with van der Waals surface area (Å²) < 4.78 is 31.5. The van der Waals surface area contributed by atoms with Gasteiger partial charge in [0.25, 0.3) is 10.0 Å². The van der Waals surface area contributed by atoms with Crippen LogP contribution in [-0.4, -0.2) is 21.5 Å². The zero-order chi connectivity index (χ0) is 16.3. The van der Waals surface area contributed by atoms with Crippen LogP contribution in [0.3, 0.4) is 0 Å². The highest BCUT2D eigenvalue weighted by Gasteiger charge is 2.16. The van der Waals surface area contributed by atoms with Crippen molar-refractivity contribution in [1.82, 2.24) is 0 Å². The summed E-state index contributed by atoms with van der Waals surface area (Å²) in [4.78, 5) is 11.5. The number of esters is 1. The van der Waals surface area contributed by atoms with Crippen LogP contribution in [-0.2, 0) is 14.8 Å². The van der Waals surface area contributed by atoms with Crippen LogP contribution >= 0.6 is 11.6 Å². The maximum absolute atomic E-state index is 12.3. The highest BCUT2D eigenvalue weighted by Crippen LogP contribution is 2.26. The van der Waals surface area contributed by atoms with Gasteiger partial charge in [-0.15, -0.1) is 0 Å². The molecule has 0 aromatic heterocycles. The molecule has 2 aromatic carbocycles. The Labute approximate surface area is 133 Å². The fraction of sp³-hybridized carbons (Fsp3) is 0.133. The Balaban J connectivity index is 2.30. The minimum atomic E-state index is -3.74. The zero-order valence-electron chi connectivity index (χ0n) is 12.0. The lowest BCUT2D eigenvalue weighted by molar-refractivity contribution is 0.0601. The van der Waals surface area contributed by atoms with Gasteiger partial charge in [0.2, 0.25) is 0 Å². The second-order valence-corrected chi connectivity index (χ2v) is 6.69. The van der Waals surface area contributed by atoms with Crippen molar-refractivity contribution in [3.8, 4) is 0 Å². The van der Waals surface area contributed by atoms with Crippen LogP contribution in [0.4, 0.5) is 5.69 Å². The Morgan fingerprint density at radius 3 is 2.32 bits per heavy atom. The standard InChI is InChI=1S/C15H14ClNO4S/c1-10-3-6-12(7-4-10)22(19,20)17-14-8-5-11(9-13(14)16)15(18)21-2/h3-9,17H,1-2H3. The average Bonchev–Trinajstić information content (AvgIpc) is 2.48. The number of halogens is 1. The second kappa shape index (κ2) is 6.37. The van der Waals surface area contributed by atoms with Gasteiger partial charge in [0, 0.05) is 0 Å². The topological polar surface area (TPSA) is 72.5 Å². The van der Waals surface area contributed by atoms with Crippen LogP contribution in [0, 0.1) is 6.92 Å². The number of carbonyl (C=O) groups excluding carboxylic acids is 1. The molecule has 0 aliphatic heterocycles. The molecule has 0 spiro atoms. The predicted molar refractivity (Wildman–Crippen MR) is 84.8 cm³/mol. The first-order valence-corrected chi connectivity index (χ1v) is 8.17. The van der Waals surface area contributed by atoms with E-state index in [9.17, 15) is 13.2 Å². The third-order valence-corrected chi connectivity index (χ3v) is 4.66. The zero-order valence-corrected chi connectivity index (χ0v) is 13.5. The molecule has 116 valence electrons. The van der Waals surface area contributed by atoms with Gasteiger partial charge < -0.3 is 4.74 Å². The van der Waals surface area contributed by atoms with Crippen molar-refractivity contribution in [2.24, 2.45) is 0 Å². The quantitative estimate of drug-likeness (QED) is 0.868. The average molecular weight is 340 g/mol. The summed E-state index contributed by atoms with van der Waals surface area (Å²) >= 11 is 6.01. The van der Waals surface area contributed by atoms with Gasteiger partial charge in [-0.1, -0.05) is 29.3 Å². The number of hydrogen-bond donors (Lipinski definition) is 1. The molecule has 2 rings (SSSR count). The molecule has 0 aliphatic rings. The van der Waals surface area contributed by atoms with E-state index in [-0.39, 0.29) is 21.2 Å². The predicted octanol–water partition coefficient (Wildman–Crippen LogP) is 3.24. The van der Waals surface area contributed by atoms with Crippen LogP contribution in [0.25, 0.3) is 0 Å². The van der Waals surface area contributed by atoms with E-state index in [2.05, 4.69) is 9.46 Å². The number of methoxy groups -OCH3 is 1. The van der Waals surface area contributed by atoms with Gasteiger partial charge in [-0.05, 0) is 37.3 Å². The van der Waals surface area contributed by atoms with Crippen molar-refractivity contribution < 1.29 is 17.9 Å². The third-order valence-electron chi connectivity index (χ3n) is 2.97. The van der Waals surface area contributed by atoms with Crippen molar-refractivity contribution in [1.29, 1.82) is 0 Å². The van der Waals surface area contributed by atoms with E-state index in [1.807, 2.05) is 6.92 Å². The lowest BCUT2D eigenvalue weighted by Crippen LogP contribution is -2.13. The van der Waals surface area contributed by atoms with Crippen molar-refractivity contribution in [2.45, 2.75) is 11.8 Å². The second-order valence-electron chi connectivity index (χ2n) is 4.60. The molecule has 0 atom stereocenters. The van der Waals surface area contributed by atoms with E-state index in [1.54, 1.807) is 12.1 Å². The van der Waals surface area contributed by atoms with Crippen molar-refractivity contribution >= 4 is 33.3 Å². The Kier molecular flexibility index (Phi) is 4.73. The van der Waals surface area contributed by atoms with Crippen LogP contribution in [0.15, 0.2) is 47.4 Å². The monoisotopic (exact) mass is 339 g/mol. The molecule has 1 N–H and O–H groups in total. The van der Waals surface area contributed by atoms with Gasteiger partial charge in [-0.25, -0.2) is 13.2 Å². The van der Waals surface area contributed by atoms with E-state index in [1.165, 1.54) is 37.4 Å². The summed E-state index contributed by atoms with van der Waals surface area (Å²) in [5.74, 6) is -0.546. The molecular weight excluding hydrogens is 326 g/mol. The summed E-state index contributed by atoms with van der Waals surface area (Å²) in [7, 11) is -2.49. The number of ether oxygens (including phenoxy) is 1. The summed E-state index contributed by atoms with van der Waals surface area (Å²) in [6, 6.07) is 10.6. The summed E-state index contributed by atoms with van der Waals surface area (Å²) in [6.45, 7) is 1.87. The lowest BCUT2D eigenvalue weighted by atomic mass is 10.2. The minimum Gasteiger partial charge on any atom is -0.465 e. The van der Waals surface area contributed by atoms with E-state index < -0.39 is 16.0 Å².